The highest BCUT2D eigenvalue weighted by molar-refractivity contribution is 5.81. The number of hydrogen-bond acceptors (Lipinski definition) is 3. The molecule has 1 aliphatic heterocycles. The zero-order chi connectivity index (χ0) is 16.4. The van der Waals surface area contributed by atoms with E-state index in [0.717, 1.165) is 37.2 Å². The minimum absolute atomic E-state index is 0.0365. The van der Waals surface area contributed by atoms with E-state index in [0.29, 0.717) is 5.56 Å². The van der Waals surface area contributed by atoms with Crippen LogP contribution in [0.3, 0.4) is 0 Å². The molecule has 0 unspecified atom stereocenters. The summed E-state index contributed by atoms with van der Waals surface area (Å²) in [4.78, 5) is 13.6. The molecule has 3 nitrogen and oxygen atoms in total. The molecule has 1 aliphatic rings. The number of carbonyl (C=O) groups is 1. The van der Waals surface area contributed by atoms with E-state index in [1.54, 1.807) is 7.11 Å². The van der Waals surface area contributed by atoms with Crippen LogP contribution in [0.15, 0.2) is 42.5 Å². The first-order valence-electron chi connectivity index (χ1n) is 8.02. The number of aldehydes is 1. The lowest BCUT2D eigenvalue weighted by Crippen LogP contribution is -2.37. The number of benzene rings is 2. The van der Waals surface area contributed by atoms with Crippen molar-refractivity contribution in [1.29, 1.82) is 0 Å². The summed E-state index contributed by atoms with van der Waals surface area (Å²) in [5.74, 6) is 0.785. The highest BCUT2D eigenvalue weighted by Gasteiger charge is 2.33. The predicted molar refractivity (Wildman–Crippen MR) is 93.5 cm³/mol. The average Bonchev–Trinajstić information content (AvgIpc) is 2.57. The molecule has 0 saturated carbocycles. The van der Waals surface area contributed by atoms with E-state index in [9.17, 15) is 4.79 Å². The van der Waals surface area contributed by atoms with Gasteiger partial charge in [0.25, 0.3) is 0 Å². The lowest BCUT2D eigenvalue weighted by atomic mass is 9.76. The van der Waals surface area contributed by atoms with Gasteiger partial charge in [0.2, 0.25) is 0 Å². The van der Waals surface area contributed by atoms with Gasteiger partial charge in [-0.25, -0.2) is 0 Å². The van der Waals surface area contributed by atoms with Crippen LogP contribution in [0.1, 0.15) is 41.8 Å². The molecule has 2 aromatic carbocycles. The van der Waals surface area contributed by atoms with Gasteiger partial charge in [-0.15, -0.1) is 0 Å². The molecule has 1 heterocycles. The van der Waals surface area contributed by atoms with Crippen molar-refractivity contribution in [1.82, 2.24) is 0 Å². The molecule has 0 N–H and O–H groups in total. The number of nitrogens with zero attached hydrogens (tertiary/aromatic N) is 1. The normalized spacial score (nSPS) is 15.9. The van der Waals surface area contributed by atoms with Gasteiger partial charge in [-0.3, -0.25) is 4.79 Å². The van der Waals surface area contributed by atoms with Crippen LogP contribution in [-0.2, 0) is 12.0 Å². The van der Waals surface area contributed by atoms with Crippen molar-refractivity contribution in [3.05, 3.63) is 59.2 Å². The van der Waals surface area contributed by atoms with E-state index in [2.05, 4.69) is 43.0 Å². The quantitative estimate of drug-likeness (QED) is 0.793. The summed E-state index contributed by atoms with van der Waals surface area (Å²) in [6.07, 6.45) is 1.95. The zero-order valence-electron chi connectivity index (χ0n) is 14.0. The zero-order valence-corrected chi connectivity index (χ0v) is 14.0. The van der Waals surface area contributed by atoms with Crippen LogP contribution in [0.4, 0.5) is 5.69 Å². The van der Waals surface area contributed by atoms with E-state index >= 15 is 0 Å². The maximum atomic E-state index is 11.3. The molecule has 0 spiro atoms. The summed E-state index contributed by atoms with van der Waals surface area (Å²) in [6, 6.07) is 14.3. The summed E-state index contributed by atoms with van der Waals surface area (Å²) in [7, 11) is 1.67. The molecule has 0 atom stereocenters. The van der Waals surface area contributed by atoms with E-state index < -0.39 is 0 Å². The fourth-order valence-corrected chi connectivity index (χ4v) is 3.32. The average molecular weight is 309 g/mol. The summed E-state index contributed by atoms with van der Waals surface area (Å²) >= 11 is 0. The second-order valence-corrected chi connectivity index (χ2v) is 6.78. The van der Waals surface area contributed by atoms with Crippen molar-refractivity contribution in [2.75, 3.05) is 18.6 Å². The fourth-order valence-electron chi connectivity index (χ4n) is 3.32. The van der Waals surface area contributed by atoms with E-state index in [1.165, 1.54) is 11.1 Å². The highest BCUT2D eigenvalue weighted by atomic mass is 16.5. The predicted octanol–water partition coefficient (Wildman–Crippen LogP) is 4.20. The van der Waals surface area contributed by atoms with Crippen LogP contribution in [0.25, 0.3) is 0 Å². The highest BCUT2D eigenvalue weighted by Crippen LogP contribution is 2.45. The molecular formula is C20H23NO2. The van der Waals surface area contributed by atoms with E-state index in [4.69, 9.17) is 4.74 Å². The van der Waals surface area contributed by atoms with Gasteiger partial charge in [-0.1, -0.05) is 44.2 Å². The molecule has 0 saturated heterocycles. The minimum Gasteiger partial charge on any atom is -0.495 e. The molecule has 0 fully saturated rings. The van der Waals surface area contributed by atoms with Gasteiger partial charge in [0.15, 0.2) is 0 Å². The summed E-state index contributed by atoms with van der Waals surface area (Å²) in [5.41, 5.74) is 4.31. The van der Waals surface area contributed by atoms with Crippen molar-refractivity contribution in [2.24, 2.45) is 0 Å². The number of methoxy groups -OCH3 is 1. The maximum Gasteiger partial charge on any atom is 0.150 e. The third kappa shape index (κ3) is 2.96. The molecule has 3 rings (SSSR count). The SMILES string of the molecule is COc1cc(C=O)cc2c1N(Cc1ccccc1)CCC2(C)C. The molecule has 120 valence electrons. The molecule has 0 aliphatic carbocycles. The van der Waals surface area contributed by atoms with Crippen molar-refractivity contribution in [2.45, 2.75) is 32.2 Å². The first-order valence-corrected chi connectivity index (χ1v) is 8.02. The van der Waals surface area contributed by atoms with E-state index in [1.807, 2.05) is 18.2 Å². The Balaban J connectivity index is 2.08. The van der Waals surface area contributed by atoms with Crippen LogP contribution in [0.5, 0.6) is 5.75 Å². The summed E-state index contributed by atoms with van der Waals surface area (Å²) in [6.45, 7) is 6.30. The Morgan fingerprint density at radius 1 is 1.22 bits per heavy atom. The molecule has 2 aromatic rings. The van der Waals surface area contributed by atoms with Crippen LogP contribution in [0, 0.1) is 0 Å². The Kier molecular flexibility index (Phi) is 4.12. The molecule has 0 bridgehead atoms. The first kappa shape index (κ1) is 15.6. The van der Waals surface area contributed by atoms with Gasteiger partial charge >= 0.3 is 0 Å². The minimum atomic E-state index is 0.0365. The van der Waals surface area contributed by atoms with Gasteiger partial charge in [0.1, 0.15) is 12.0 Å². The largest absolute Gasteiger partial charge is 0.495 e. The molecule has 0 aromatic heterocycles. The van der Waals surface area contributed by atoms with Crippen molar-refractivity contribution >= 4 is 12.0 Å². The van der Waals surface area contributed by atoms with Crippen molar-refractivity contribution < 1.29 is 9.53 Å². The molecular weight excluding hydrogens is 286 g/mol. The topological polar surface area (TPSA) is 29.5 Å². The lowest BCUT2D eigenvalue weighted by molar-refractivity contribution is 0.112. The smallest absolute Gasteiger partial charge is 0.150 e. The number of anilines is 1. The van der Waals surface area contributed by atoms with Gasteiger partial charge < -0.3 is 9.64 Å². The third-order valence-corrected chi connectivity index (χ3v) is 4.72. The number of carbonyl (C=O) groups excluding carboxylic acids is 1. The third-order valence-electron chi connectivity index (χ3n) is 4.72. The van der Waals surface area contributed by atoms with Crippen LogP contribution >= 0.6 is 0 Å². The van der Waals surface area contributed by atoms with Gasteiger partial charge in [-0.05, 0) is 35.1 Å². The summed E-state index contributed by atoms with van der Waals surface area (Å²) in [5, 5.41) is 0. The second kappa shape index (κ2) is 6.07. The molecule has 23 heavy (non-hydrogen) atoms. The lowest BCUT2D eigenvalue weighted by Gasteiger charge is -2.41. The Bertz CT molecular complexity index is 707. The maximum absolute atomic E-state index is 11.3. The first-order chi connectivity index (χ1) is 11.0. The fraction of sp³-hybridized carbons (Fsp3) is 0.350. The monoisotopic (exact) mass is 309 g/mol. The van der Waals surface area contributed by atoms with Crippen LogP contribution in [0.2, 0.25) is 0 Å². The Hall–Kier alpha value is -2.29. The second-order valence-electron chi connectivity index (χ2n) is 6.78. The number of ether oxygens (including phenoxy) is 1. The standard InChI is InChI=1S/C20H23NO2/c1-20(2)9-10-21(13-15-7-5-4-6-8-15)19-17(20)11-16(14-22)12-18(19)23-3/h4-8,11-12,14H,9-10,13H2,1-3H3. The van der Waals surface area contributed by atoms with Gasteiger partial charge in [0, 0.05) is 18.7 Å². The van der Waals surface area contributed by atoms with Crippen LogP contribution < -0.4 is 9.64 Å². The van der Waals surface area contributed by atoms with Gasteiger partial charge in [-0.2, -0.15) is 0 Å². The van der Waals surface area contributed by atoms with Gasteiger partial charge in [0.05, 0.1) is 12.8 Å². The Morgan fingerprint density at radius 3 is 2.61 bits per heavy atom. The number of hydrogen-bond donors (Lipinski definition) is 0. The van der Waals surface area contributed by atoms with Crippen LogP contribution in [-0.4, -0.2) is 19.9 Å². The Labute approximate surface area is 137 Å². The van der Waals surface area contributed by atoms with Crippen molar-refractivity contribution in [3.8, 4) is 5.75 Å². The number of rotatable bonds is 4. The molecule has 3 heteroatoms. The summed E-state index contributed by atoms with van der Waals surface area (Å²) < 4.78 is 5.62. The number of fused-ring (bicyclic) bond motifs is 1. The van der Waals surface area contributed by atoms with Crippen molar-refractivity contribution in [3.63, 3.8) is 0 Å². The Morgan fingerprint density at radius 2 is 1.96 bits per heavy atom. The molecule has 0 amide bonds. The molecule has 0 radical (unpaired) electrons. The van der Waals surface area contributed by atoms with E-state index in [-0.39, 0.29) is 5.41 Å².